The van der Waals surface area contributed by atoms with Crippen molar-refractivity contribution in [2.24, 2.45) is 0 Å². The highest BCUT2D eigenvalue weighted by Crippen LogP contribution is 2.25. The molecule has 102 valence electrons. The summed E-state index contributed by atoms with van der Waals surface area (Å²) in [5.41, 5.74) is 0.566. The second-order valence-electron chi connectivity index (χ2n) is 3.70. The van der Waals surface area contributed by atoms with Gasteiger partial charge >= 0.3 is 18.0 Å². The third kappa shape index (κ3) is 3.03. The maximum Gasteiger partial charge on any atom is 0.419 e. The van der Waals surface area contributed by atoms with E-state index in [1.165, 1.54) is 7.11 Å². The van der Waals surface area contributed by atoms with Crippen molar-refractivity contribution in [2.45, 2.75) is 6.04 Å². The lowest BCUT2D eigenvalue weighted by molar-refractivity contribution is -0.146. The molecule has 0 radical (unpaired) electrons. The minimum absolute atomic E-state index is 0. The monoisotopic (exact) mass is 285 g/mol. The maximum absolute atomic E-state index is 11.8. The average Bonchev–Trinajstić information content (AvgIpc) is 2.70. The van der Waals surface area contributed by atoms with E-state index in [1.807, 2.05) is 0 Å². The van der Waals surface area contributed by atoms with Crippen LogP contribution in [0.15, 0.2) is 30.3 Å². The average molecular weight is 286 g/mol. The van der Waals surface area contributed by atoms with Crippen LogP contribution in [-0.2, 0) is 19.1 Å². The first kappa shape index (κ1) is 15.0. The predicted octanol–water partition coefficient (Wildman–Crippen LogP) is 1.30. The lowest BCUT2D eigenvalue weighted by Crippen LogP contribution is -2.35. The van der Waals surface area contributed by atoms with Gasteiger partial charge in [0.2, 0.25) is 0 Å². The number of hydrogen-bond acceptors (Lipinski definition) is 5. The Bertz CT molecular complexity index is 490. The molecule has 1 unspecified atom stereocenters. The normalized spacial score (nSPS) is 15.5. The summed E-state index contributed by atoms with van der Waals surface area (Å²) in [5.74, 6) is -1.29. The molecule has 1 aliphatic rings. The Labute approximate surface area is 115 Å². The molecule has 2 rings (SSSR count). The minimum atomic E-state index is -0.963. The van der Waals surface area contributed by atoms with Gasteiger partial charge < -0.3 is 9.47 Å². The van der Waals surface area contributed by atoms with E-state index in [0.29, 0.717) is 5.56 Å². The number of halogens is 1. The van der Waals surface area contributed by atoms with E-state index in [4.69, 9.17) is 0 Å². The van der Waals surface area contributed by atoms with Crippen molar-refractivity contribution in [2.75, 3.05) is 13.7 Å². The van der Waals surface area contributed by atoms with Crippen molar-refractivity contribution in [1.29, 1.82) is 0 Å². The minimum Gasteiger partial charge on any atom is -0.467 e. The summed E-state index contributed by atoms with van der Waals surface area (Å²) in [7, 11) is 1.22. The van der Waals surface area contributed by atoms with Crippen LogP contribution in [0.2, 0.25) is 0 Å². The Morgan fingerprint density at radius 1 is 1.32 bits per heavy atom. The van der Waals surface area contributed by atoms with Gasteiger partial charge in [-0.15, -0.1) is 12.4 Å². The Morgan fingerprint density at radius 2 is 1.95 bits per heavy atom. The Balaban J connectivity index is 0.00000180. The van der Waals surface area contributed by atoms with Gasteiger partial charge in [0.1, 0.15) is 6.54 Å². The molecule has 1 atom stereocenters. The van der Waals surface area contributed by atoms with E-state index in [2.05, 4.69) is 9.47 Å². The van der Waals surface area contributed by atoms with Crippen molar-refractivity contribution in [1.82, 2.24) is 4.90 Å². The molecule has 0 N–H and O–H groups in total. The second kappa shape index (κ2) is 6.19. The predicted molar refractivity (Wildman–Crippen MR) is 66.6 cm³/mol. The van der Waals surface area contributed by atoms with Crippen LogP contribution in [0.3, 0.4) is 0 Å². The topological polar surface area (TPSA) is 72.9 Å². The molecule has 1 aromatic rings. The smallest absolute Gasteiger partial charge is 0.419 e. The molecular formula is C12H12ClNO5. The Kier molecular flexibility index (Phi) is 4.88. The van der Waals surface area contributed by atoms with Gasteiger partial charge in [-0.2, -0.15) is 0 Å². The zero-order valence-corrected chi connectivity index (χ0v) is 10.9. The number of hydrogen-bond donors (Lipinski definition) is 0. The number of nitrogens with zero attached hydrogens (tertiary/aromatic N) is 1. The number of methoxy groups -OCH3 is 1. The Hall–Kier alpha value is -2.08. The highest BCUT2D eigenvalue weighted by molar-refractivity contribution is 5.95. The number of carbonyl (C=O) groups excluding carboxylic acids is 3. The van der Waals surface area contributed by atoms with E-state index < -0.39 is 24.1 Å². The molecule has 19 heavy (non-hydrogen) atoms. The second-order valence-corrected chi connectivity index (χ2v) is 3.70. The van der Waals surface area contributed by atoms with Crippen molar-refractivity contribution in [3.63, 3.8) is 0 Å². The number of cyclic esters (lactones) is 2. The maximum atomic E-state index is 11.8. The first-order chi connectivity index (χ1) is 8.63. The molecular weight excluding hydrogens is 274 g/mol. The molecule has 0 bridgehead atoms. The summed E-state index contributed by atoms with van der Waals surface area (Å²) in [4.78, 5) is 35.4. The Morgan fingerprint density at radius 3 is 2.42 bits per heavy atom. The quantitative estimate of drug-likeness (QED) is 0.618. The molecule has 1 heterocycles. The largest absolute Gasteiger partial charge is 0.467 e. The van der Waals surface area contributed by atoms with Crippen molar-refractivity contribution in [3.8, 4) is 0 Å². The zero-order valence-electron chi connectivity index (χ0n) is 10.1. The first-order valence-corrected chi connectivity index (χ1v) is 5.27. The van der Waals surface area contributed by atoms with E-state index in [0.717, 1.165) is 4.90 Å². The van der Waals surface area contributed by atoms with Crippen molar-refractivity contribution < 1.29 is 23.9 Å². The molecule has 1 saturated heterocycles. The van der Waals surface area contributed by atoms with Crippen LogP contribution in [0.25, 0.3) is 0 Å². The van der Waals surface area contributed by atoms with Crippen LogP contribution in [0.1, 0.15) is 11.6 Å². The van der Waals surface area contributed by atoms with Gasteiger partial charge in [0.05, 0.1) is 7.11 Å². The summed E-state index contributed by atoms with van der Waals surface area (Å²) in [6.07, 6.45) is -0.834. The fourth-order valence-corrected chi connectivity index (χ4v) is 1.78. The fraction of sp³-hybridized carbons (Fsp3) is 0.250. The van der Waals surface area contributed by atoms with E-state index in [-0.39, 0.29) is 19.0 Å². The van der Waals surface area contributed by atoms with Crippen LogP contribution < -0.4 is 0 Å². The molecule has 0 aromatic heterocycles. The van der Waals surface area contributed by atoms with Crippen LogP contribution in [0, 0.1) is 0 Å². The number of ether oxygens (including phenoxy) is 2. The summed E-state index contributed by atoms with van der Waals surface area (Å²) < 4.78 is 9.07. The van der Waals surface area contributed by atoms with Gasteiger partial charge in [-0.3, -0.25) is 4.90 Å². The number of carbonyl (C=O) groups is 3. The molecule has 1 aliphatic heterocycles. The molecule has 0 saturated carbocycles. The molecule has 7 heteroatoms. The summed E-state index contributed by atoms with van der Waals surface area (Å²) in [6.45, 7) is -0.256. The number of esters is 2. The first-order valence-electron chi connectivity index (χ1n) is 5.27. The lowest BCUT2D eigenvalue weighted by atomic mass is 10.1. The van der Waals surface area contributed by atoms with Crippen LogP contribution in [-0.4, -0.2) is 36.6 Å². The summed E-state index contributed by atoms with van der Waals surface area (Å²) in [5, 5.41) is 0. The van der Waals surface area contributed by atoms with Crippen LogP contribution in [0.5, 0.6) is 0 Å². The standard InChI is InChI=1S/C12H11NO5.ClH/c1-17-11(15)10(8-5-3-2-4-6-8)13-7-9(14)18-12(13)16;/h2-6,10H,7H2,1H3;1H. The van der Waals surface area contributed by atoms with Gasteiger partial charge in [0.15, 0.2) is 6.04 Å². The lowest BCUT2D eigenvalue weighted by Gasteiger charge is -2.22. The molecule has 1 aromatic carbocycles. The van der Waals surface area contributed by atoms with Gasteiger partial charge in [-0.1, -0.05) is 30.3 Å². The number of rotatable bonds is 3. The number of amides is 1. The third-order valence-corrected chi connectivity index (χ3v) is 2.59. The fourth-order valence-electron chi connectivity index (χ4n) is 1.78. The molecule has 6 nitrogen and oxygen atoms in total. The van der Waals surface area contributed by atoms with E-state index >= 15 is 0 Å². The van der Waals surface area contributed by atoms with Crippen LogP contribution in [0.4, 0.5) is 4.79 Å². The van der Waals surface area contributed by atoms with Gasteiger partial charge in [0.25, 0.3) is 0 Å². The SMILES string of the molecule is COC(=O)C(c1ccccc1)N1CC(=O)OC1=O.Cl. The number of benzene rings is 1. The highest BCUT2D eigenvalue weighted by atomic mass is 35.5. The van der Waals surface area contributed by atoms with Gasteiger partial charge in [-0.05, 0) is 5.56 Å². The van der Waals surface area contributed by atoms with Crippen molar-refractivity contribution >= 4 is 30.4 Å². The summed E-state index contributed by atoms with van der Waals surface area (Å²) >= 11 is 0. The zero-order chi connectivity index (χ0) is 13.1. The van der Waals surface area contributed by atoms with E-state index in [1.54, 1.807) is 30.3 Å². The van der Waals surface area contributed by atoms with Gasteiger partial charge in [0, 0.05) is 0 Å². The highest BCUT2D eigenvalue weighted by Gasteiger charge is 2.40. The van der Waals surface area contributed by atoms with Gasteiger partial charge in [-0.25, -0.2) is 14.4 Å². The van der Waals surface area contributed by atoms with Crippen LogP contribution >= 0.6 is 12.4 Å². The molecule has 1 fully saturated rings. The summed E-state index contributed by atoms with van der Waals surface area (Å²) in [6, 6.07) is 7.64. The molecule has 0 spiro atoms. The third-order valence-electron chi connectivity index (χ3n) is 2.59. The molecule has 1 amide bonds. The van der Waals surface area contributed by atoms with E-state index in [9.17, 15) is 14.4 Å². The molecule has 0 aliphatic carbocycles. The van der Waals surface area contributed by atoms with Crippen molar-refractivity contribution in [3.05, 3.63) is 35.9 Å².